The van der Waals surface area contributed by atoms with Crippen LogP contribution in [0.15, 0.2) is 27.8 Å². The minimum atomic E-state index is 0. The first-order valence-corrected chi connectivity index (χ1v) is 10.6. The second-order valence-electron chi connectivity index (χ2n) is 8.16. The van der Waals surface area contributed by atoms with Crippen LogP contribution in [-0.4, -0.2) is 50.0 Å². The van der Waals surface area contributed by atoms with Crippen LogP contribution in [0.25, 0.3) is 0 Å². The second-order valence-corrected chi connectivity index (χ2v) is 8.16. The fourth-order valence-corrected chi connectivity index (χ4v) is 4.61. The summed E-state index contributed by atoms with van der Waals surface area (Å²) in [5.41, 5.74) is 0.119. The Bertz CT molecular complexity index is 596. The third-order valence-corrected chi connectivity index (χ3v) is 6.12. The Morgan fingerprint density at radius 3 is 2.57 bits per heavy atom. The van der Waals surface area contributed by atoms with Gasteiger partial charge in [-0.25, -0.2) is 0 Å². The highest BCUT2D eigenvalue weighted by Crippen LogP contribution is 2.39. The molecule has 0 bridgehead atoms. The second kappa shape index (κ2) is 10.8. The summed E-state index contributed by atoms with van der Waals surface area (Å²) in [5.74, 6) is 1.92. The number of halogens is 1. The first kappa shape index (κ1) is 21.9. The predicted octanol–water partition coefficient (Wildman–Crippen LogP) is 3.65. The molecule has 1 aliphatic carbocycles. The van der Waals surface area contributed by atoms with Crippen molar-refractivity contribution in [1.29, 1.82) is 0 Å². The van der Waals surface area contributed by atoms with Gasteiger partial charge >= 0.3 is 0 Å². The van der Waals surface area contributed by atoms with E-state index in [4.69, 9.17) is 18.9 Å². The molecule has 0 amide bonds. The average Bonchev–Trinajstić information content (AvgIpc) is 3.35. The minimum Gasteiger partial charge on any atom is -0.469 e. The molecular weight excluding hydrogens is 469 g/mol. The van der Waals surface area contributed by atoms with Crippen molar-refractivity contribution in [1.82, 2.24) is 10.6 Å². The molecule has 0 radical (unpaired) electrons. The van der Waals surface area contributed by atoms with E-state index in [1.807, 2.05) is 12.1 Å². The van der Waals surface area contributed by atoms with Crippen molar-refractivity contribution in [2.75, 3.05) is 26.4 Å². The largest absolute Gasteiger partial charge is 0.469 e. The van der Waals surface area contributed by atoms with E-state index in [0.29, 0.717) is 12.1 Å². The number of furan rings is 1. The van der Waals surface area contributed by atoms with Crippen LogP contribution in [-0.2, 0) is 15.9 Å². The highest BCUT2D eigenvalue weighted by atomic mass is 127. The van der Waals surface area contributed by atoms with E-state index in [0.717, 1.165) is 70.2 Å². The van der Waals surface area contributed by atoms with E-state index in [1.165, 1.54) is 25.7 Å². The predicted molar refractivity (Wildman–Crippen MR) is 120 cm³/mol. The van der Waals surface area contributed by atoms with E-state index < -0.39 is 0 Å². The van der Waals surface area contributed by atoms with Crippen LogP contribution < -0.4 is 10.6 Å². The molecular formula is C21H34IN3O3. The average molecular weight is 503 g/mol. The Labute approximate surface area is 185 Å². The molecule has 0 aromatic carbocycles. The van der Waals surface area contributed by atoms with Crippen LogP contribution in [0.5, 0.6) is 0 Å². The number of hydrogen-bond donors (Lipinski definition) is 2. The first-order valence-electron chi connectivity index (χ1n) is 10.6. The van der Waals surface area contributed by atoms with E-state index in [9.17, 15) is 0 Å². The summed E-state index contributed by atoms with van der Waals surface area (Å²) in [6.07, 6.45) is 11.8. The highest BCUT2D eigenvalue weighted by molar-refractivity contribution is 14.0. The third-order valence-electron chi connectivity index (χ3n) is 6.12. The Morgan fingerprint density at radius 1 is 1.07 bits per heavy atom. The quantitative estimate of drug-likeness (QED) is 0.365. The van der Waals surface area contributed by atoms with Crippen molar-refractivity contribution < 1.29 is 13.9 Å². The number of nitrogens with one attached hydrogen (secondary N) is 2. The van der Waals surface area contributed by atoms with Gasteiger partial charge in [0, 0.05) is 44.9 Å². The maximum atomic E-state index is 6.19. The van der Waals surface area contributed by atoms with Crippen molar-refractivity contribution >= 4 is 29.9 Å². The lowest BCUT2D eigenvalue weighted by Gasteiger charge is -2.39. The summed E-state index contributed by atoms with van der Waals surface area (Å²) in [7, 11) is 0. The molecule has 7 heteroatoms. The van der Waals surface area contributed by atoms with Gasteiger partial charge in [-0.3, -0.25) is 4.99 Å². The van der Waals surface area contributed by atoms with Gasteiger partial charge in [-0.15, -0.1) is 24.0 Å². The minimum absolute atomic E-state index is 0. The molecule has 28 heavy (non-hydrogen) atoms. The van der Waals surface area contributed by atoms with Gasteiger partial charge in [-0.05, 0) is 50.7 Å². The van der Waals surface area contributed by atoms with Gasteiger partial charge in [-0.1, -0.05) is 12.8 Å². The van der Waals surface area contributed by atoms with Crippen molar-refractivity contribution in [3.8, 4) is 0 Å². The molecule has 1 spiro atoms. The molecule has 3 fully saturated rings. The van der Waals surface area contributed by atoms with Crippen molar-refractivity contribution in [2.45, 2.75) is 75.5 Å². The standard InChI is InChI=1S/C21H33N3O3.HI/c1-2-10-21(9-1)16-18(8-15-27-21)24-20(23-17-6-13-25-14-7-17)22-11-5-19-4-3-12-26-19;/h3-4,12,17-18H,1-2,5-11,13-16H2,(H2,22,23,24);1H. The van der Waals surface area contributed by atoms with Crippen molar-refractivity contribution in [3.63, 3.8) is 0 Å². The third kappa shape index (κ3) is 6.10. The summed E-state index contributed by atoms with van der Waals surface area (Å²) in [5, 5.41) is 7.37. The molecule has 6 nitrogen and oxygen atoms in total. The van der Waals surface area contributed by atoms with Gasteiger partial charge in [0.05, 0.1) is 11.9 Å². The van der Waals surface area contributed by atoms with Gasteiger partial charge in [0.25, 0.3) is 0 Å². The van der Waals surface area contributed by atoms with E-state index in [1.54, 1.807) is 6.26 Å². The lowest BCUT2D eigenvalue weighted by molar-refractivity contribution is -0.0815. The summed E-state index contributed by atoms with van der Waals surface area (Å²) in [6.45, 7) is 3.24. The number of hydrogen-bond acceptors (Lipinski definition) is 4. The zero-order valence-corrected chi connectivity index (χ0v) is 19.0. The molecule has 3 heterocycles. The van der Waals surface area contributed by atoms with E-state index in [2.05, 4.69) is 10.6 Å². The lowest BCUT2D eigenvalue weighted by atomic mass is 9.89. The Morgan fingerprint density at radius 2 is 1.82 bits per heavy atom. The van der Waals surface area contributed by atoms with E-state index in [-0.39, 0.29) is 29.6 Å². The maximum Gasteiger partial charge on any atom is 0.191 e. The van der Waals surface area contributed by atoms with Crippen molar-refractivity contribution in [3.05, 3.63) is 24.2 Å². The van der Waals surface area contributed by atoms with Gasteiger partial charge in [0.15, 0.2) is 5.96 Å². The van der Waals surface area contributed by atoms with Gasteiger partial charge in [0.2, 0.25) is 0 Å². The summed E-state index contributed by atoms with van der Waals surface area (Å²) in [4.78, 5) is 4.85. The number of nitrogens with zero attached hydrogens (tertiary/aromatic N) is 1. The van der Waals surface area contributed by atoms with Gasteiger partial charge in [0.1, 0.15) is 5.76 Å². The molecule has 2 aliphatic heterocycles. The topological polar surface area (TPSA) is 68.0 Å². The van der Waals surface area contributed by atoms with Gasteiger partial charge < -0.3 is 24.5 Å². The van der Waals surface area contributed by atoms with Crippen LogP contribution in [0.4, 0.5) is 0 Å². The number of guanidine groups is 1. The smallest absolute Gasteiger partial charge is 0.191 e. The molecule has 2 saturated heterocycles. The number of ether oxygens (including phenoxy) is 2. The molecule has 1 atom stereocenters. The Kier molecular flexibility index (Phi) is 8.47. The normalized spacial score (nSPS) is 25.4. The monoisotopic (exact) mass is 503 g/mol. The Balaban J connectivity index is 0.00000225. The molecule has 3 aliphatic rings. The molecule has 2 N–H and O–H groups in total. The van der Waals surface area contributed by atoms with Gasteiger partial charge in [-0.2, -0.15) is 0 Å². The molecule has 1 saturated carbocycles. The fraction of sp³-hybridized carbons (Fsp3) is 0.762. The summed E-state index contributed by atoms with van der Waals surface area (Å²) < 4.78 is 17.1. The maximum absolute atomic E-state index is 6.19. The van der Waals surface area contributed by atoms with Crippen LogP contribution in [0.3, 0.4) is 0 Å². The van der Waals surface area contributed by atoms with Crippen LogP contribution in [0.1, 0.15) is 57.1 Å². The molecule has 158 valence electrons. The SMILES string of the molecule is I.c1coc(CCN=C(NC2CCOCC2)NC2CCOC3(CCCC3)C2)c1. The summed E-state index contributed by atoms with van der Waals surface area (Å²) >= 11 is 0. The number of aliphatic imine (C=N–C) groups is 1. The number of rotatable bonds is 5. The molecule has 1 unspecified atom stereocenters. The fourth-order valence-electron chi connectivity index (χ4n) is 4.61. The highest BCUT2D eigenvalue weighted by Gasteiger charge is 2.40. The van der Waals surface area contributed by atoms with Crippen molar-refractivity contribution in [2.24, 2.45) is 4.99 Å². The molecule has 1 aromatic rings. The van der Waals surface area contributed by atoms with Crippen LogP contribution >= 0.6 is 24.0 Å². The first-order chi connectivity index (χ1) is 13.3. The Hall–Kier alpha value is -0.800. The zero-order chi connectivity index (χ0) is 18.4. The van der Waals surface area contributed by atoms with E-state index >= 15 is 0 Å². The van der Waals surface area contributed by atoms with Crippen LogP contribution in [0, 0.1) is 0 Å². The summed E-state index contributed by atoms with van der Waals surface area (Å²) in [6, 6.07) is 4.82. The lowest BCUT2D eigenvalue weighted by Crippen LogP contribution is -2.53. The zero-order valence-electron chi connectivity index (χ0n) is 16.7. The molecule has 4 rings (SSSR count). The molecule has 1 aromatic heterocycles. The van der Waals surface area contributed by atoms with Crippen LogP contribution in [0.2, 0.25) is 0 Å².